The monoisotopic (exact) mass is 421 g/mol. The van der Waals surface area contributed by atoms with Crippen molar-refractivity contribution < 1.29 is 14.5 Å². The van der Waals surface area contributed by atoms with Gasteiger partial charge < -0.3 is 5.32 Å². The number of anilines is 2. The summed E-state index contributed by atoms with van der Waals surface area (Å²) in [6.07, 6.45) is -0.164. The van der Waals surface area contributed by atoms with Gasteiger partial charge >= 0.3 is 6.03 Å². The van der Waals surface area contributed by atoms with Crippen molar-refractivity contribution in [3.8, 4) is 0 Å². The second-order valence-electron chi connectivity index (χ2n) is 5.89. The van der Waals surface area contributed by atoms with Gasteiger partial charge in [0.1, 0.15) is 11.5 Å². The highest BCUT2D eigenvalue weighted by molar-refractivity contribution is 6.40. The van der Waals surface area contributed by atoms with Gasteiger partial charge in [-0.15, -0.1) is 0 Å². The molecule has 9 nitrogen and oxygen atoms in total. The highest BCUT2D eigenvalue weighted by Gasteiger charge is 2.29. The van der Waals surface area contributed by atoms with Crippen LogP contribution in [0, 0.1) is 17.0 Å². The third kappa shape index (κ3) is 4.21. The van der Waals surface area contributed by atoms with Crippen molar-refractivity contribution in [1.29, 1.82) is 0 Å². The van der Waals surface area contributed by atoms with E-state index in [2.05, 4.69) is 15.7 Å². The van der Waals surface area contributed by atoms with Crippen molar-refractivity contribution >= 4 is 58.0 Å². The van der Waals surface area contributed by atoms with Crippen molar-refractivity contribution in [2.45, 2.75) is 13.3 Å². The lowest BCUT2D eigenvalue weighted by Gasteiger charge is -2.15. The highest BCUT2D eigenvalue weighted by Crippen LogP contribution is 2.36. The van der Waals surface area contributed by atoms with Crippen molar-refractivity contribution in [2.24, 2.45) is 5.10 Å². The van der Waals surface area contributed by atoms with Crippen LogP contribution in [0.25, 0.3) is 0 Å². The maximum atomic E-state index is 12.3. The Kier molecular flexibility index (Phi) is 5.48. The fourth-order valence-corrected chi connectivity index (χ4v) is 3.32. The number of benzene rings is 2. The molecule has 144 valence electrons. The number of nitro groups is 1. The fraction of sp³-hybridized carbons (Fsp3) is 0.118. The lowest BCUT2D eigenvalue weighted by molar-refractivity contribution is -0.384. The minimum Gasteiger partial charge on any atom is -0.307 e. The van der Waals surface area contributed by atoms with E-state index in [1.54, 1.807) is 12.1 Å². The number of rotatable bonds is 3. The molecule has 0 atom stereocenters. The molecule has 0 aliphatic carbocycles. The quantitative estimate of drug-likeness (QED) is 0.573. The molecule has 0 bridgehead atoms. The SMILES string of the molecule is Cc1cc(Cl)c(N2N=C(NC(=O)Nc3cccc([N+](=O)[O-])c3)CC2=O)c(Cl)c1. The van der Waals surface area contributed by atoms with Crippen LogP contribution in [0.5, 0.6) is 0 Å². The smallest absolute Gasteiger partial charge is 0.307 e. The van der Waals surface area contributed by atoms with Crippen LogP contribution in [0.3, 0.4) is 0 Å². The largest absolute Gasteiger partial charge is 0.324 e. The number of nitrogens with one attached hydrogen (secondary N) is 2. The van der Waals surface area contributed by atoms with Gasteiger partial charge in [0.25, 0.3) is 11.6 Å². The molecule has 0 fully saturated rings. The van der Waals surface area contributed by atoms with E-state index in [1.807, 2.05) is 6.92 Å². The summed E-state index contributed by atoms with van der Waals surface area (Å²) in [5.41, 5.74) is 1.11. The second-order valence-corrected chi connectivity index (χ2v) is 6.71. The lowest BCUT2D eigenvalue weighted by atomic mass is 10.2. The molecule has 2 aromatic carbocycles. The Balaban J connectivity index is 1.74. The topological polar surface area (TPSA) is 117 Å². The van der Waals surface area contributed by atoms with E-state index in [4.69, 9.17) is 23.2 Å². The summed E-state index contributed by atoms with van der Waals surface area (Å²) in [7, 11) is 0. The summed E-state index contributed by atoms with van der Waals surface area (Å²) in [6, 6.07) is 8.03. The molecule has 1 aliphatic heterocycles. The number of aryl methyl sites for hydroxylation is 1. The van der Waals surface area contributed by atoms with E-state index in [0.29, 0.717) is 0 Å². The Hall–Kier alpha value is -3.17. The summed E-state index contributed by atoms with van der Waals surface area (Å²) < 4.78 is 0. The number of amides is 3. The van der Waals surface area contributed by atoms with E-state index < -0.39 is 16.9 Å². The first-order valence-corrected chi connectivity index (χ1v) is 8.68. The molecule has 0 saturated carbocycles. The third-order valence-corrected chi connectivity index (χ3v) is 4.30. The van der Waals surface area contributed by atoms with Gasteiger partial charge in [-0.3, -0.25) is 20.2 Å². The van der Waals surface area contributed by atoms with Gasteiger partial charge in [0, 0.05) is 17.8 Å². The zero-order valence-electron chi connectivity index (χ0n) is 14.4. The van der Waals surface area contributed by atoms with Gasteiger partial charge in [-0.1, -0.05) is 29.3 Å². The number of nitrogens with zero attached hydrogens (tertiary/aromatic N) is 3. The van der Waals surface area contributed by atoms with Gasteiger partial charge in [-0.25, -0.2) is 4.79 Å². The number of carbonyl (C=O) groups excluding carboxylic acids is 2. The summed E-state index contributed by atoms with van der Waals surface area (Å²) in [5, 5.41) is 21.3. The number of carbonyl (C=O) groups is 2. The summed E-state index contributed by atoms with van der Waals surface area (Å²) in [5.74, 6) is -0.334. The third-order valence-electron chi connectivity index (χ3n) is 3.72. The normalized spacial score (nSPS) is 13.3. The first-order valence-electron chi connectivity index (χ1n) is 7.93. The van der Waals surface area contributed by atoms with Crippen molar-refractivity contribution in [3.05, 3.63) is 62.1 Å². The highest BCUT2D eigenvalue weighted by atomic mass is 35.5. The molecule has 3 amide bonds. The van der Waals surface area contributed by atoms with Gasteiger partial charge in [0.2, 0.25) is 0 Å². The Labute approximate surface area is 169 Å². The number of hydrazone groups is 1. The molecular weight excluding hydrogens is 409 g/mol. The maximum Gasteiger partial charge on any atom is 0.324 e. The number of amidine groups is 1. The predicted octanol–water partition coefficient (Wildman–Crippen LogP) is 4.08. The minimum atomic E-state index is -0.699. The van der Waals surface area contributed by atoms with Gasteiger partial charge in [-0.05, 0) is 30.7 Å². The van der Waals surface area contributed by atoms with E-state index in [1.165, 1.54) is 24.3 Å². The van der Waals surface area contributed by atoms with Gasteiger partial charge in [0.15, 0.2) is 0 Å². The first-order chi connectivity index (χ1) is 13.2. The molecular formula is C17H13Cl2N5O4. The molecule has 0 spiro atoms. The molecule has 2 aromatic rings. The van der Waals surface area contributed by atoms with Crippen molar-refractivity contribution in [1.82, 2.24) is 5.32 Å². The zero-order valence-corrected chi connectivity index (χ0v) is 15.9. The number of hydrogen-bond donors (Lipinski definition) is 2. The molecule has 28 heavy (non-hydrogen) atoms. The molecule has 3 rings (SSSR count). The molecule has 0 unspecified atom stereocenters. The van der Waals surface area contributed by atoms with Crippen LogP contribution in [-0.2, 0) is 4.79 Å². The lowest BCUT2D eigenvalue weighted by Crippen LogP contribution is -2.33. The molecule has 0 radical (unpaired) electrons. The summed E-state index contributed by atoms with van der Waals surface area (Å²) >= 11 is 12.4. The minimum absolute atomic E-state index is 0.0839. The number of non-ortho nitro benzene ring substituents is 1. The van der Waals surface area contributed by atoms with Crippen molar-refractivity contribution in [3.63, 3.8) is 0 Å². The Morgan fingerprint density at radius 3 is 2.54 bits per heavy atom. The molecule has 2 N–H and O–H groups in total. The predicted molar refractivity (Wildman–Crippen MR) is 106 cm³/mol. The average molecular weight is 422 g/mol. The standard InChI is InChI=1S/C17H13Cl2N5O4/c1-9-5-12(18)16(13(19)6-9)23-15(25)8-14(22-23)21-17(26)20-10-3-2-4-11(7-10)24(27)28/h2-7H,8H2,1H3,(H2,20,21,22,26). The van der Waals surface area contributed by atoms with Crippen LogP contribution in [-0.4, -0.2) is 22.7 Å². The number of hydrogen-bond acceptors (Lipinski definition) is 5. The molecule has 1 heterocycles. The molecule has 11 heteroatoms. The fourth-order valence-electron chi connectivity index (χ4n) is 2.56. The Bertz CT molecular complexity index is 1000. The number of halogens is 2. The first kappa shape index (κ1) is 19.6. The zero-order chi connectivity index (χ0) is 20.4. The molecule has 0 aromatic heterocycles. The van der Waals surface area contributed by atoms with Crippen LogP contribution >= 0.6 is 23.2 Å². The van der Waals surface area contributed by atoms with E-state index in [0.717, 1.165) is 10.6 Å². The average Bonchev–Trinajstić information content (AvgIpc) is 2.94. The second kappa shape index (κ2) is 7.83. The van der Waals surface area contributed by atoms with E-state index >= 15 is 0 Å². The van der Waals surface area contributed by atoms with Crippen LogP contribution in [0.4, 0.5) is 21.9 Å². The molecule has 1 aliphatic rings. The van der Waals surface area contributed by atoms with Gasteiger partial charge in [0.05, 0.1) is 21.4 Å². The Morgan fingerprint density at radius 1 is 1.21 bits per heavy atom. The molecule has 0 saturated heterocycles. The number of urea groups is 1. The van der Waals surface area contributed by atoms with Gasteiger partial charge in [-0.2, -0.15) is 10.1 Å². The van der Waals surface area contributed by atoms with Crippen LogP contribution < -0.4 is 15.6 Å². The van der Waals surface area contributed by atoms with Crippen LogP contribution in [0.15, 0.2) is 41.5 Å². The van der Waals surface area contributed by atoms with Crippen LogP contribution in [0.2, 0.25) is 10.0 Å². The maximum absolute atomic E-state index is 12.3. The van der Waals surface area contributed by atoms with E-state index in [-0.39, 0.29) is 39.4 Å². The van der Waals surface area contributed by atoms with Crippen LogP contribution in [0.1, 0.15) is 12.0 Å². The Morgan fingerprint density at radius 2 is 1.89 bits per heavy atom. The summed E-state index contributed by atoms with van der Waals surface area (Å²) in [4.78, 5) is 34.6. The summed E-state index contributed by atoms with van der Waals surface area (Å²) in [6.45, 7) is 1.81. The number of nitro benzene ring substituents is 1. The van der Waals surface area contributed by atoms with Crippen molar-refractivity contribution in [2.75, 3.05) is 10.3 Å². The van der Waals surface area contributed by atoms with E-state index in [9.17, 15) is 19.7 Å².